The predicted molar refractivity (Wildman–Crippen MR) is 113 cm³/mol. The third-order valence-corrected chi connectivity index (χ3v) is 5.79. The van der Waals surface area contributed by atoms with Gasteiger partial charge in [-0.2, -0.15) is 10.1 Å². The van der Waals surface area contributed by atoms with Gasteiger partial charge in [-0.15, -0.1) is 0 Å². The molecule has 0 fully saturated rings. The first-order valence-electron chi connectivity index (χ1n) is 9.16. The fourth-order valence-electron chi connectivity index (χ4n) is 3.01. The summed E-state index contributed by atoms with van der Waals surface area (Å²) in [6.07, 6.45) is 0. The minimum Gasteiger partial charge on any atom is -0.350 e. The number of fused-ring (bicyclic) bond motifs is 1. The van der Waals surface area contributed by atoms with Crippen LogP contribution in [0, 0.1) is 12.7 Å². The maximum atomic E-state index is 13.7. The third kappa shape index (κ3) is 3.97. The number of benzene rings is 2. The Morgan fingerprint density at radius 3 is 2.66 bits per heavy atom. The highest BCUT2D eigenvalue weighted by Gasteiger charge is 2.18. The van der Waals surface area contributed by atoms with Gasteiger partial charge in [0.2, 0.25) is 5.91 Å². The average Bonchev–Trinajstić information content (AvgIpc) is 3.29. The summed E-state index contributed by atoms with van der Waals surface area (Å²) in [4.78, 5) is 18.8. The van der Waals surface area contributed by atoms with E-state index in [1.165, 1.54) is 17.4 Å². The van der Waals surface area contributed by atoms with E-state index in [0.29, 0.717) is 5.56 Å². The highest BCUT2D eigenvalue weighted by atomic mass is 32.1. The smallest absolute Gasteiger partial charge is 0.239 e. The van der Waals surface area contributed by atoms with Gasteiger partial charge in [-0.1, -0.05) is 47.7 Å². The Labute approximate surface area is 171 Å². The van der Waals surface area contributed by atoms with Crippen LogP contribution in [0.25, 0.3) is 16.0 Å². The van der Waals surface area contributed by atoms with Gasteiger partial charge >= 0.3 is 0 Å². The molecule has 0 aliphatic heterocycles. The molecule has 0 atom stereocenters. The van der Waals surface area contributed by atoms with E-state index in [1.54, 1.807) is 23.1 Å². The molecule has 0 unspecified atom stereocenters. The normalized spacial score (nSPS) is 11.0. The molecule has 0 bridgehead atoms. The highest BCUT2D eigenvalue weighted by molar-refractivity contribution is 7.22. The molecule has 0 saturated carbocycles. The third-order valence-electron chi connectivity index (χ3n) is 4.52. The summed E-state index contributed by atoms with van der Waals surface area (Å²) in [5.41, 5.74) is 3.06. The Hall–Kier alpha value is -3.26. The summed E-state index contributed by atoms with van der Waals surface area (Å²) in [6.45, 7) is 2.23. The molecule has 6 nitrogen and oxygen atoms in total. The van der Waals surface area contributed by atoms with E-state index < -0.39 is 0 Å². The van der Waals surface area contributed by atoms with Crippen molar-refractivity contribution in [3.8, 4) is 5.69 Å². The van der Waals surface area contributed by atoms with Crippen molar-refractivity contribution in [2.24, 2.45) is 0 Å². The van der Waals surface area contributed by atoms with E-state index in [9.17, 15) is 9.18 Å². The molecular formula is C21H20FN5OS. The average molecular weight is 409 g/mol. The van der Waals surface area contributed by atoms with Crippen LogP contribution in [-0.2, 0) is 11.3 Å². The number of hydrogen-bond donors (Lipinski definition) is 1. The van der Waals surface area contributed by atoms with Crippen LogP contribution < -0.4 is 10.2 Å². The minimum absolute atomic E-state index is 0.127. The van der Waals surface area contributed by atoms with E-state index in [4.69, 9.17) is 4.98 Å². The largest absolute Gasteiger partial charge is 0.350 e. The second kappa shape index (κ2) is 8.00. The molecule has 2 heterocycles. The summed E-state index contributed by atoms with van der Waals surface area (Å²) < 4.78 is 16.5. The molecule has 2 aromatic heterocycles. The van der Waals surface area contributed by atoms with Crippen molar-refractivity contribution in [2.75, 3.05) is 18.5 Å². The van der Waals surface area contributed by atoms with Crippen molar-refractivity contribution in [1.29, 1.82) is 0 Å². The van der Waals surface area contributed by atoms with E-state index in [-0.39, 0.29) is 24.8 Å². The molecule has 0 spiro atoms. The molecule has 1 N–H and O–H groups in total. The molecule has 0 aliphatic rings. The minimum atomic E-state index is -0.326. The highest BCUT2D eigenvalue weighted by Crippen LogP contribution is 2.31. The molecule has 148 valence electrons. The first kappa shape index (κ1) is 19.1. The van der Waals surface area contributed by atoms with Crippen molar-refractivity contribution in [3.05, 3.63) is 71.7 Å². The molecule has 0 saturated heterocycles. The molecule has 0 aliphatic carbocycles. The summed E-state index contributed by atoms with van der Waals surface area (Å²) in [7, 11) is 1.82. The Kier molecular flexibility index (Phi) is 5.26. The van der Waals surface area contributed by atoms with Crippen LogP contribution in [0.1, 0.15) is 11.3 Å². The van der Waals surface area contributed by atoms with Crippen LogP contribution >= 0.6 is 11.3 Å². The van der Waals surface area contributed by atoms with Gasteiger partial charge in [0, 0.05) is 19.2 Å². The van der Waals surface area contributed by atoms with Gasteiger partial charge in [-0.3, -0.25) is 4.79 Å². The zero-order valence-corrected chi connectivity index (χ0v) is 16.9. The monoisotopic (exact) mass is 409 g/mol. The number of rotatable bonds is 6. The predicted octanol–water partition coefficient (Wildman–Crippen LogP) is 3.68. The van der Waals surface area contributed by atoms with Crippen LogP contribution in [0.4, 0.5) is 9.52 Å². The SMILES string of the molecule is Cc1nn(-c2ccccc2)c2nc(N(C)CC(=O)NCc3ccccc3F)sc12. The molecule has 29 heavy (non-hydrogen) atoms. The van der Waals surface area contributed by atoms with Gasteiger partial charge in [0.05, 0.1) is 22.6 Å². The standard InChI is InChI=1S/C21H20FN5OS/c1-14-19-20(27(25-14)16-9-4-3-5-10-16)24-21(29-19)26(2)13-18(28)23-12-15-8-6-7-11-17(15)22/h3-11H,12-13H2,1-2H3,(H,23,28). The van der Waals surface area contributed by atoms with Gasteiger partial charge in [-0.05, 0) is 25.1 Å². The van der Waals surface area contributed by atoms with Crippen LogP contribution in [0.2, 0.25) is 0 Å². The fourth-order valence-corrected chi connectivity index (χ4v) is 3.96. The molecule has 0 radical (unpaired) electrons. The Morgan fingerprint density at radius 1 is 1.17 bits per heavy atom. The van der Waals surface area contributed by atoms with Gasteiger partial charge in [0.1, 0.15) is 5.82 Å². The van der Waals surface area contributed by atoms with E-state index in [2.05, 4.69) is 10.4 Å². The van der Waals surface area contributed by atoms with Crippen molar-refractivity contribution >= 4 is 32.7 Å². The number of anilines is 1. The molecule has 2 aromatic carbocycles. The summed E-state index contributed by atoms with van der Waals surface area (Å²) in [5, 5.41) is 8.07. The van der Waals surface area contributed by atoms with Crippen molar-refractivity contribution in [3.63, 3.8) is 0 Å². The second-order valence-electron chi connectivity index (χ2n) is 6.71. The number of halogens is 1. The van der Waals surface area contributed by atoms with Crippen molar-refractivity contribution in [2.45, 2.75) is 13.5 Å². The zero-order chi connectivity index (χ0) is 20.4. The lowest BCUT2D eigenvalue weighted by Gasteiger charge is -2.15. The van der Waals surface area contributed by atoms with Crippen molar-refractivity contribution in [1.82, 2.24) is 20.1 Å². The van der Waals surface area contributed by atoms with E-state index in [0.717, 1.165) is 26.9 Å². The molecule has 4 aromatic rings. The van der Waals surface area contributed by atoms with E-state index in [1.807, 2.05) is 49.0 Å². The van der Waals surface area contributed by atoms with Gasteiger partial charge < -0.3 is 10.2 Å². The summed E-state index contributed by atoms with van der Waals surface area (Å²) >= 11 is 1.50. The number of aryl methyl sites for hydroxylation is 1. The molecule has 8 heteroatoms. The fraction of sp³-hybridized carbons (Fsp3) is 0.190. The van der Waals surface area contributed by atoms with Crippen LogP contribution in [0.5, 0.6) is 0 Å². The van der Waals surface area contributed by atoms with Crippen LogP contribution in [-0.4, -0.2) is 34.3 Å². The number of carbonyl (C=O) groups excluding carboxylic acids is 1. The van der Waals surface area contributed by atoms with Gasteiger partial charge in [0.15, 0.2) is 10.8 Å². The lowest BCUT2D eigenvalue weighted by Crippen LogP contribution is -2.34. The number of para-hydroxylation sites is 1. The maximum absolute atomic E-state index is 13.7. The molecular weight excluding hydrogens is 389 g/mol. The molecule has 1 amide bonds. The summed E-state index contributed by atoms with van der Waals surface area (Å²) in [6, 6.07) is 16.2. The lowest BCUT2D eigenvalue weighted by atomic mass is 10.2. The first-order chi connectivity index (χ1) is 14.0. The Bertz CT molecular complexity index is 1150. The number of amides is 1. The number of likely N-dealkylation sites (N-methyl/N-ethyl adjacent to an activating group) is 1. The van der Waals surface area contributed by atoms with Crippen molar-refractivity contribution < 1.29 is 9.18 Å². The van der Waals surface area contributed by atoms with Crippen LogP contribution in [0.3, 0.4) is 0 Å². The van der Waals surface area contributed by atoms with E-state index >= 15 is 0 Å². The van der Waals surface area contributed by atoms with Gasteiger partial charge in [0.25, 0.3) is 0 Å². The number of carbonyl (C=O) groups is 1. The Balaban J connectivity index is 1.48. The lowest BCUT2D eigenvalue weighted by molar-refractivity contribution is -0.119. The first-order valence-corrected chi connectivity index (χ1v) is 9.97. The quantitative estimate of drug-likeness (QED) is 0.528. The molecule has 4 rings (SSSR count). The topological polar surface area (TPSA) is 63.1 Å². The number of nitrogens with zero attached hydrogens (tertiary/aromatic N) is 4. The zero-order valence-electron chi connectivity index (χ0n) is 16.1. The second-order valence-corrected chi connectivity index (χ2v) is 7.68. The Morgan fingerprint density at radius 2 is 1.90 bits per heavy atom. The number of aromatic nitrogens is 3. The van der Waals surface area contributed by atoms with Gasteiger partial charge in [-0.25, -0.2) is 9.07 Å². The van der Waals surface area contributed by atoms with Crippen LogP contribution in [0.15, 0.2) is 54.6 Å². The number of hydrogen-bond acceptors (Lipinski definition) is 5. The number of nitrogens with one attached hydrogen (secondary N) is 1. The summed E-state index contributed by atoms with van der Waals surface area (Å²) in [5.74, 6) is -0.523. The number of thiazole rings is 1. The maximum Gasteiger partial charge on any atom is 0.239 e.